The fourth-order valence-electron chi connectivity index (χ4n) is 4.22. The van der Waals surface area contributed by atoms with Gasteiger partial charge in [0.25, 0.3) is 5.91 Å². The summed E-state index contributed by atoms with van der Waals surface area (Å²) in [5, 5.41) is 8.41. The van der Waals surface area contributed by atoms with E-state index in [-0.39, 0.29) is 11.9 Å². The molecule has 3 fully saturated rings. The van der Waals surface area contributed by atoms with E-state index < -0.39 is 0 Å². The first kappa shape index (κ1) is 17.9. The lowest BCUT2D eigenvalue weighted by molar-refractivity contribution is 0.0931. The minimum Gasteiger partial charge on any atom is -0.445 e. The zero-order valence-electron chi connectivity index (χ0n) is 15.6. The van der Waals surface area contributed by atoms with Crippen LogP contribution in [0.2, 0.25) is 0 Å². The Labute approximate surface area is 168 Å². The number of hydrogen-bond acceptors (Lipinski definition) is 7. The Morgan fingerprint density at radius 2 is 2.07 bits per heavy atom. The molecule has 1 amide bonds. The molecule has 1 aromatic carbocycles. The van der Waals surface area contributed by atoms with Gasteiger partial charge in [0.1, 0.15) is 5.75 Å². The van der Waals surface area contributed by atoms with Crippen molar-refractivity contribution < 1.29 is 14.3 Å². The summed E-state index contributed by atoms with van der Waals surface area (Å²) in [5.74, 6) is 0.689. The molecule has 2 bridgehead atoms. The third-order valence-electron chi connectivity index (χ3n) is 5.71. The van der Waals surface area contributed by atoms with Crippen molar-refractivity contribution in [3.8, 4) is 10.8 Å². The van der Waals surface area contributed by atoms with Crippen molar-refractivity contribution in [2.45, 2.75) is 37.4 Å². The lowest BCUT2D eigenvalue weighted by atomic mass is 9.95. The van der Waals surface area contributed by atoms with Crippen LogP contribution in [-0.2, 0) is 4.74 Å². The third-order valence-corrected chi connectivity index (χ3v) is 6.64. The van der Waals surface area contributed by atoms with Gasteiger partial charge >= 0.3 is 0 Å². The highest BCUT2D eigenvalue weighted by molar-refractivity contribution is 7.17. The summed E-state index contributed by atoms with van der Waals surface area (Å²) in [6.07, 6.45) is 5.17. The molecule has 3 aliphatic heterocycles. The molecular weight excluding hydrogens is 376 g/mol. The van der Waals surface area contributed by atoms with E-state index >= 15 is 0 Å². The Morgan fingerprint density at radius 3 is 2.79 bits per heavy atom. The van der Waals surface area contributed by atoms with Gasteiger partial charge in [-0.2, -0.15) is 0 Å². The van der Waals surface area contributed by atoms with E-state index in [1.807, 2.05) is 24.3 Å². The van der Waals surface area contributed by atoms with E-state index in [2.05, 4.69) is 20.5 Å². The van der Waals surface area contributed by atoms with Gasteiger partial charge in [0.05, 0.1) is 19.4 Å². The second kappa shape index (κ2) is 7.69. The number of amides is 1. The summed E-state index contributed by atoms with van der Waals surface area (Å²) in [6, 6.07) is 8.56. The number of ether oxygens (including phenoxy) is 2. The van der Waals surface area contributed by atoms with Crippen LogP contribution in [0.15, 0.2) is 30.5 Å². The van der Waals surface area contributed by atoms with E-state index in [0.717, 1.165) is 49.3 Å². The van der Waals surface area contributed by atoms with Crippen molar-refractivity contribution in [1.82, 2.24) is 15.6 Å². The van der Waals surface area contributed by atoms with Gasteiger partial charge in [-0.05, 0) is 43.5 Å². The fraction of sp³-hybridized carbons (Fsp3) is 0.500. The van der Waals surface area contributed by atoms with E-state index in [1.165, 1.54) is 17.8 Å². The molecule has 3 aliphatic rings. The van der Waals surface area contributed by atoms with Crippen LogP contribution in [0.5, 0.6) is 10.8 Å². The second-order valence-electron chi connectivity index (χ2n) is 7.55. The highest BCUT2D eigenvalue weighted by atomic mass is 32.1. The smallest absolute Gasteiger partial charge is 0.251 e. The van der Waals surface area contributed by atoms with Crippen molar-refractivity contribution in [2.75, 3.05) is 31.2 Å². The van der Waals surface area contributed by atoms with Crippen LogP contribution in [0.25, 0.3) is 0 Å². The van der Waals surface area contributed by atoms with Crippen LogP contribution in [0, 0.1) is 0 Å². The van der Waals surface area contributed by atoms with Gasteiger partial charge in [0, 0.05) is 36.8 Å². The van der Waals surface area contributed by atoms with Crippen molar-refractivity contribution >= 4 is 22.4 Å². The van der Waals surface area contributed by atoms with Crippen LogP contribution in [0.3, 0.4) is 0 Å². The predicted molar refractivity (Wildman–Crippen MR) is 107 cm³/mol. The number of anilines is 1. The number of carbonyl (C=O) groups excluding carboxylic acids is 1. The quantitative estimate of drug-likeness (QED) is 0.803. The fourth-order valence-corrected chi connectivity index (χ4v) is 5.06. The zero-order valence-corrected chi connectivity index (χ0v) is 16.4. The van der Waals surface area contributed by atoms with Crippen LogP contribution in [0.1, 0.15) is 29.6 Å². The van der Waals surface area contributed by atoms with Gasteiger partial charge in [0.2, 0.25) is 5.06 Å². The summed E-state index contributed by atoms with van der Waals surface area (Å²) in [7, 11) is 0. The molecule has 0 aliphatic carbocycles. The summed E-state index contributed by atoms with van der Waals surface area (Å²) >= 11 is 1.52. The highest BCUT2D eigenvalue weighted by Crippen LogP contribution is 2.33. The van der Waals surface area contributed by atoms with Crippen LogP contribution in [-0.4, -0.2) is 55.3 Å². The van der Waals surface area contributed by atoms with Crippen molar-refractivity contribution in [2.24, 2.45) is 0 Å². The largest absolute Gasteiger partial charge is 0.445 e. The van der Waals surface area contributed by atoms with Crippen molar-refractivity contribution in [3.63, 3.8) is 0 Å². The van der Waals surface area contributed by atoms with Crippen molar-refractivity contribution in [3.05, 3.63) is 36.0 Å². The number of benzene rings is 1. The Balaban J connectivity index is 1.18. The monoisotopic (exact) mass is 400 g/mol. The molecule has 0 unspecified atom stereocenters. The SMILES string of the molecule is O=C(N[C@@H]1C[C@H]2CC[C@@H]1N2)c1ccc(Oc2cnc(N3CCOCC3)s2)cc1. The molecule has 1 aromatic heterocycles. The van der Waals surface area contributed by atoms with Crippen molar-refractivity contribution in [1.29, 1.82) is 0 Å². The minimum atomic E-state index is -0.0155. The maximum absolute atomic E-state index is 12.5. The molecule has 7 nitrogen and oxygen atoms in total. The number of rotatable bonds is 5. The molecule has 3 atom stereocenters. The highest BCUT2D eigenvalue weighted by Gasteiger charge is 2.39. The summed E-state index contributed by atoms with van der Waals surface area (Å²) in [4.78, 5) is 19.2. The predicted octanol–water partition coefficient (Wildman–Crippen LogP) is 2.39. The van der Waals surface area contributed by atoms with Gasteiger partial charge in [-0.25, -0.2) is 4.98 Å². The number of nitrogens with one attached hydrogen (secondary N) is 2. The van der Waals surface area contributed by atoms with Crippen LogP contribution < -0.4 is 20.3 Å². The number of fused-ring (bicyclic) bond motifs is 2. The molecular formula is C20H24N4O3S. The summed E-state index contributed by atoms with van der Waals surface area (Å²) in [5.41, 5.74) is 0.661. The molecule has 0 radical (unpaired) electrons. The number of thiazole rings is 1. The van der Waals surface area contributed by atoms with Crippen LogP contribution in [0.4, 0.5) is 5.13 Å². The van der Waals surface area contributed by atoms with Gasteiger partial charge in [0.15, 0.2) is 5.13 Å². The standard InChI is InChI=1S/C20H24N4O3S/c25-19(23-17-11-14-3-6-16(17)22-14)13-1-4-15(5-2-13)27-18-12-21-20(28-18)24-7-9-26-10-8-24/h1-2,4-5,12,14,16-17,22H,3,6-11H2,(H,23,25)/t14-,16+,17-/m1/s1. The number of carbonyl (C=O) groups is 1. The molecule has 5 rings (SSSR count). The first-order chi connectivity index (χ1) is 13.7. The van der Waals surface area contributed by atoms with E-state index in [0.29, 0.717) is 23.4 Å². The topological polar surface area (TPSA) is 75.7 Å². The normalized spacial score (nSPS) is 26.4. The van der Waals surface area contributed by atoms with Gasteiger partial charge < -0.3 is 25.0 Å². The Hall–Kier alpha value is -2.16. The molecule has 148 valence electrons. The summed E-state index contributed by atoms with van der Waals surface area (Å²) in [6.45, 7) is 3.18. The maximum atomic E-state index is 12.5. The molecule has 28 heavy (non-hydrogen) atoms. The first-order valence-corrected chi connectivity index (χ1v) is 10.7. The number of aromatic nitrogens is 1. The molecule has 0 spiro atoms. The summed E-state index contributed by atoms with van der Waals surface area (Å²) < 4.78 is 11.3. The molecule has 8 heteroatoms. The lowest BCUT2D eigenvalue weighted by Gasteiger charge is -2.25. The van der Waals surface area contributed by atoms with E-state index in [1.54, 1.807) is 6.20 Å². The van der Waals surface area contributed by atoms with Crippen LogP contribution >= 0.6 is 11.3 Å². The number of nitrogens with zero attached hydrogens (tertiary/aromatic N) is 2. The second-order valence-corrected chi connectivity index (χ2v) is 8.52. The third kappa shape index (κ3) is 3.72. The average molecular weight is 401 g/mol. The average Bonchev–Trinajstić information content (AvgIpc) is 3.46. The molecule has 3 saturated heterocycles. The van der Waals surface area contributed by atoms with Gasteiger partial charge in [-0.3, -0.25) is 4.79 Å². The van der Waals surface area contributed by atoms with E-state index in [4.69, 9.17) is 9.47 Å². The number of hydrogen-bond donors (Lipinski definition) is 2. The molecule has 2 aromatic rings. The lowest BCUT2D eigenvalue weighted by Crippen LogP contribution is -2.42. The zero-order chi connectivity index (χ0) is 18.9. The Bertz CT molecular complexity index is 834. The Kier molecular flexibility index (Phi) is 4.92. The Morgan fingerprint density at radius 1 is 1.25 bits per heavy atom. The molecule has 2 N–H and O–H groups in total. The first-order valence-electron chi connectivity index (χ1n) is 9.88. The molecule has 4 heterocycles. The minimum absolute atomic E-state index is 0.0155. The maximum Gasteiger partial charge on any atom is 0.251 e. The van der Waals surface area contributed by atoms with E-state index in [9.17, 15) is 4.79 Å². The van der Waals surface area contributed by atoms with Gasteiger partial charge in [-0.15, -0.1) is 0 Å². The molecule has 0 saturated carbocycles. The van der Waals surface area contributed by atoms with Gasteiger partial charge in [-0.1, -0.05) is 11.3 Å². The number of morpholine rings is 1.